The van der Waals surface area contributed by atoms with Crippen molar-refractivity contribution in [3.05, 3.63) is 60.2 Å². The van der Waals surface area contributed by atoms with Crippen molar-refractivity contribution in [3.8, 4) is 0 Å². The van der Waals surface area contributed by atoms with Crippen molar-refractivity contribution in [1.29, 1.82) is 0 Å². The van der Waals surface area contributed by atoms with E-state index in [-0.39, 0.29) is 19.0 Å². The second kappa shape index (κ2) is 9.05. The largest absolute Gasteiger partial charge is 0.396 e. The maximum atomic E-state index is 8.94. The molecule has 5 nitrogen and oxygen atoms in total. The zero-order valence-corrected chi connectivity index (χ0v) is 14.1. The van der Waals surface area contributed by atoms with E-state index in [2.05, 4.69) is 32.7 Å². The summed E-state index contributed by atoms with van der Waals surface area (Å²) >= 11 is 0. The summed E-state index contributed by atoms with van der Waals surface area (Å²) in [6, 6.07) is 18.1. The molecule has 0 fully saturated rings. The Hall–Kier alpha value is -2.37. The van der Waals surface area contributed by atoms with Crippen LogP contribution in [0.15, 0.2) is 54.6 Å². The maximum absolute atomic E-state index is 8.94. The number of anilines is 2. The Morgan fingerprint density at radius 1 is 0.875 bits per heavy atom. The summed E-state index contributed by atoms with van der Waals surface area (Å²) in [7, 11) is 0. The lowest BCUT2D eigenvalue weighted by Gasteiger charge is -2.11. The Morgan fingerprint density at radius 3 is 2.42 bits per heavy atom. The molecule has 0 amide bonds. The normalized spacial score (nSPS) is 10.2. The molecule has 2 aromatic carbocycles. The van der Waals surface area contributed by atoms with Crippen molar-refractivity contribution in [2.45, 2.75) is 13.0 Å². The topological polar surface area (TPSA) is 70.1 Å². The second-order valence-electron chi connectivity index (χ2n) is 5.26. The summed E-state index contributed by atoms with van der Waals surface area (Å²) in [6.45, 7) is 1.51. The number of rotatable bonds is 7. The summed E-state index contributed by atoms with van der Waals surface area (Å²) in [4.78, 5) is 9.14. The van der Waals surface area contributed by atoms with E-state index in [1.165, 1.54) is 5.56 Å². The van der Waals surface area contributed by atoms with Crippen molar-refractivity contribution >= 4 is 35.1 Å². The minimum Gasteiger partial charge on any atom is -0.396 e. The monoisotopic (exact) mass is 344 g/mol. The molecule has 1 aromatic heterocycles. The molecule has 0 radical (unpaired) electrons. The van der Waals surface area contributed by atoms with Gasteiger partial charge in [-0.1, -0.05) is 42.5 Å². The van der Waals surface area contributed by atoms with Gasteiger partial charge in [0.2, 0.25) is 5.95 Å². The Kier molecular flexibility index (Phi) is 6.78. The van der Waals surface area contributed by atoms with E-state index >= 15 is 0 Å². The average molecular weight is 345 g/mol. The van der Waals surface area contributed by atoms with Gasteiger partial charge in [-0.15, -0.1) is 12.4 Å². The molecule has 24 heavy (non-hydrogen) atoms. The molecular formula is C18H21ClN4O. The van der Waals surface area contributed by atoms with Gasteiger partial charge in [0.1, 0.15) is 5.82 Å². The fraction of sp³-hybridized carbons (Fsp3) is 0.222. The van der Waals surface area contributed by atoms with Crippen LogP contribution in [-0.4, -0.2) is 28.2 Å². The number of fused-ring (bicyclic) bond motifs is 1. The van der Waals surface area contributed by atoms with E-state index in [0.29, 0.717) is 25.5 Å². The van der Waals surface area contributed by atoms with Crippen molar-refractivity contribution in [2.24, 2.45) is 0 Å². The fourth-order valence-corrected chi connectivity index (χ4v) is 2.35. The van der Waals surface area contributed by atoms with Gasteiger partial charge in [-0.05, 0) is 24.1 Å². The van der Waals surface area contributed by atoms with Gasteiger partial charge in [0.05, 0.1) is 5.52 Å². The second-order valence-corrected chi connectivity index (χ2v) is 5.26. The predicted molar refractivity (Wildman–Crippen MR) is 101 cm³/mol. The number of aliphatic hydroxyl groups excluding tert-OH is 1. The van der Waals surface area contributed by atoms with Gasteiger partial charge in [0.25, 0.3) is 0 Å². The van der Waals surface area contributed by atoms with E-state index in [9.17, 15) is 0 Å². The van der Waals surface area contributed by atoms with Gasteiger partial charge in [-0.3, -0.25) is 0 Å². The van der Waals surface area contributed by atoms with E-state index < -0.39 is 0 Å². The van der Waals surface area contributed by atoms with E-state index in [0.717, 1.165) is 16.7 Å². The smallest absolute Gasteiger partial charge is 0.225 e. The lowest BCUT2D eigenvalue weighted by molar-refractivity contribution is 0.292. The van der Waals surface area contributed by atoms with E-state index in [1.54, 1.807) is 0 Å². The summed E-state index contributed by atoms with van der Waals surface area (Å²) in [5, 5.41) is 16.5. The lowest BCUT2D eigenvalue weighted by atomic mass is 10.2. The molecule has 3 N–H and O–H groups in total. The summed E-state index contributed by atoms with van der Waals surface area (Å²) in [6.07, 6.45) is 0.686. The molecule has 0 atom stereocenters. The highest BCUT2D eigenvalue weighted by Crippen LogP contribution is 2.22. The third kappa shape index (κ3) is 4.57. The molecule has 3 rings (SSSR count). The lowest BCUT2D eigenvalue weighted by Crippen LogP contribution is -2.09. The molecule has 0 aliphatic rings. The van der Waals surface area contributed by atoms with E-state index in [1.807, 2.05) is 42.5 Å². The summed E-state index contributed by atoms with van der Waals surface area (Å²) < 4.78 is 0. The molecule has 0 saturated carbocycles. The minimum absolute atomic E-state index is 0. The van der Waals surface area contributed by atoms with Gasteiger partial charge < -0.3 is 15.7 Å². The molecule has 3 aromatic rings. The van der Waals surface area contributed by atoms with E-state index in [4.69, 9.17) is 5.11 Å². The number of aliphatic hydroxyl groups is 1. The number of hydrogen-bond acceptors (Lipinski definition) is 5. The van der Waals surface area contributed by atoms with Crippen LogP contribution in [0.25, 0.3) is 10.9 Å². The first-order valence-corrected chi connectivity index (χ1v) is 7.76. The van der Waals surface area contributed by atoms with Crippen LogP contribution in [0.3, 0.4) is 0 Å². The third-order valence-electron chi connectivity index (χ3n) is 3.52. The molecule has 0 unspecified atom stereocenters. The molecule has 6 heteroatoms. The van der Waals surface area contributed by atoms with Crippen LogP contribution in [0, 0.1) is 0 Å². The number of nitrogens with one attached hydrogen (secondary N) is 2. The summed E-state index contributed by atoms with van der Waals surface area (Å²) in [5.41, 5.74) is 2.07. The first-order chi connectivity index (χ1) is 11.4. The SMILES string of the molecule is Cl.OCCCNc1nc(NCc2ccccc2)nc2ccccc12. The van der Waals surface area contributed by atoms with Crippen LogP contribution in [0.1, 0.15) is 12.0 Å². The van der Waals surface area contributed by atoms with Gasteiger partial charge in [-0.25, -0.2) is 4.98 Å². The van der Waals surface area contributed by atoms with Gasteiger partial charge in [0, 0.05) is 25.1 Å². The van der Waals surface area contributed by atoms with Gasteiger partial charge >= 0.3 is 0 Å². The van der Waals surface area contributed by atoms with Crippen molar-refractivity contribution < 1.29 is 5.11 Å². The first-order valence-electron chi connectivity index (χ1n) is 7.76. The zero-order chi connectivity index (χ0) is 15.9. The van der Waals surface area contributed by atoms with Crippen molar-refractivity contribution in [1.82, 2.24) is 9.97 Å². The highest BCUT2D eigenvalue weighted by Gasteiger charge is 2.07. The van der Waals surface area contributed by atoms with Gasteiger partial charge in [0.15, 0.2) is 0 Å². The highest BCUT2D eigenvalue weighted by atomic mass is 35.5. The van der Waals surface area contributed by atoms with Crippen LogP contribution in [-0.2, 0) is 6.54 Å². The molecule has 0 saturated heterocycles. The molecule has 0 spiro atoms. The van der Waals surface area contributed by atoms with Crippen LogP contribution in [0.4, 0.5) is 11.8 Å². The number of hydrogen-bond donors (Lipinski definition) is 3. The zero-order valence-electron chi connectivity index (χ0n) is 13.3. The number of para-hydroxylation sites is 1. The number of halogens is 1. The molecule has 0 bridgehead atoms. The Morgan fingerprint density at radius 2 is 1.62 bits per heavy atom. The first kappa shape index (κ1) is 18.0. The number of aromatic nitrogens is 2. The van der Waals surface area contributed by atoms with Crippen LogP contribution >= 0.6 is 12.4 Å². The minimum atomic E-state index is 0. The Balaban J connectivity index is 0.00000208. The summed E-state index contributed by atoms with van der Waals surface area (Å²) in [5.74, 6) is 1.39. The van der Waals surface area contributed by atoms with Gasteiger partial charge in [-0.2, -0.15) is 4.98 Å². The highest BCUT2D eigenvalue weighted by molar-refractivity contribution is 5.90. The Labute approximate surface area is 147 Å². The van der Waals surface area contributed by atoms with Crippen LogP contribution in [0.2, 0.25) is 0 Å². The molecule has 0 aliphatic carbocycles. The number of benzene rings is 2. The van der Waals surface area contributed by atoms with Crippen LogP contribution < -0.4 is 10.6 Å². The standard InChI is InChI=1S/C18H20N4O.ClH/c23-12-6-11-19-17-15-9-4-5-10-16(15)21-18(22-17)20-13-14-7-2-1-3-8-14;/h1-5,7-10,23H,6,11-13H2,(H2,19,20,21,22);1H. The maximum Gasteiger partial charge on any atom is 0.225 e. The molecule has 126 valence electrons. The predicted octanol–water partition coefficient (Wildman–Crippen LogP) is 3.46. The van der Waals surface area contributed by atoms with Crippen LogP contribution in [0.5, 0.6) is 0 Å². The Bertz CT molecular complexity index is 767. The average Bonchev–Trinajstić information content (AvgIpc) is 2.61. The molecular weight excluding hydrogens is 324 g/mol. The fourth-order valence-electron chi connectivity index (χ4n) is 2.35. The number of nitrogens with zero attached hydrogens (tertiary/aromatic N) is 2. The van der Waals surface area contributed by atoms with Crippen molar-refractivity contribution in [2.75, 3.05) is 23.8 Å². The molecule has 1 heterocycles. The van der Waals surface area contributed by atoms with Crippen molar-refractivity contribution in [3.63, 3.8) is 0 Å². The third-order valence-corrected chi connectivity index (χ3v) is 3.52. The molecule has 0 aliphatic heterocycles. The quantitative estimate of drug-likeness (QED) is 0.573.